The van der Waals surface area contributed by atoms with Crippen molar-refractivity contribution in [3.8, 4) is 11.5 Å². The molecule has 8 nitrogen and oxygen atoms in total. The minimum Gasteiger partial charge on any atom is -0.493 e. The van der Waals surface area contributed by atoms with Gasteiger partial charge in [-0.1, -0.05) is 0 Å². The van der Waals surface area contributed by atoms with Crippen molar-refractivity contribution in [3.05, 3.63) is 80.2 Å². The molecule has 1 N–H and O–H groups in total. The van der Waals surface area contributed by atoms with Gasteiger partial charge in [0.15, 0.2) is 11.5 Å². The smallest absolute Gasteiger partial charge is 0.343 e. The molecule has 0 amide bonds. The molecule has 148 valence electrons. The summed E-state index contributed by atoms with van der Waals surface area (Å²) >= 11 is 5.01. The van der Waals surface area contributed by atoms with E-state index >= 15 is 0 Å². The molecule has 0 radical (unpaired) electrons. The number of nitrogens with zero attached hydrogens (tertiary/aromatic N) is 3. The van der Waals surface area contributed by atoms with Crippen molar-refractivity contribution in [1.29, 1.82) is 0 Å². The maximum absolute atomic E-state index is 13.0. The molecule has 0 fully saturated rings. The monoisotopic (exact) mass is 414 g/mol. The maximum atomic E-state index is 13.0. The molecule has 0 aliphatic rings. The van der Waals surface area contributed by atoms with E-state index in [1.54, 1.807) is 12.1 Å². The molecule has 0 bridgehead atoms. The van der Waals surface area contributed by atoms with Gasteiger partial charge in [0.25, 0.3) is 5.56 Å². The molecule has 29 heavy (non-hydrogen) atoms. The van der Waals surface area contributed by atoms with Gasteiger partial charge in [-0.05, 0) is 67.2 Å². The Morgan fingerprint density at radius 1 is 1.24 bits per heavy atom. The van der Waals surface area contributed by atoms with Crippen LogP contribution in [0.15, 0.2) is 52.4 Å². The Labute approximate surface area is 169 Å². The van der Waals surface area contributed by atoms with Gasteiger partial charge in [0, 0.05) is 0 Å². The summed E-state index contributed by atoms with van der Waals surface area (Å²) < 4.78 is 24.6. The predicted molar refractivity (Wildman–Crippen MR) is 106 cm³/mol. The van der Waals surface area contributed by atoms with Crippen LogP contribution in [0.25, 0.3) is 0 Å². The van der Waals surface area contributed by atoms with E-state index in [4.69, 9.17) is 21.7 Å². The molecule has 3 aromatic rings. The highest BCUT2D eigenvalue weighted by Gasteiger charge is 2.13. The fourth-order valence-electron chi connectivity index (χ4n) is 2.30. The second-order valence-electron chi connectivity index (χ2n) is 5.78. The third-order valence-corrected chi connectivity index (χ3v) is 4.07. The number of halogens is 1. The average molecular weight is 414 g/mol. The number of methoxy groups -OCH3 is 1. The molecule has 0 unspecified atom stereocenters. The van der Waals surface area contributed by atoms with E-state index in [0.29, 0.717) is 5.56 Å². The highest BCUT2D eigenvalue weighted by molar-refractivity contribution is 7.71. The van der Waals surface area contributed by atoms with Crippen molar-refractivity contribution >= 4 is 24.4 Å². The summed E-state index contributed by atoms with van der Waals surface area (Å²) in [6, 6.07) is 9.69. The Morgan fingerprint density at radius 2 is 1.97 bits per heavy atom. The normalized spacial score (nSPS) is 10.9. The van der Waals surface area contributed by atoms with Gasteiger partial charge in [0.2, 0.25) is 4.77 Å². The van der Waals surface area contributed by atoms with Gasteiger partial charge in [-0.15, -0.1) is 0 Å². The molecule has 0 atom stereocenters. The zero-order chi connectivity index (χ0) is 21.0. The highest BCUT2D eigenvalue weighted by atomic mass is 32.1. The summed E-state index contributed by atoms with van der Waals surface area (Å²) in [5.74, 6) is -0.665. The first kappa shape index (κ1) is 20.1. The van der Waals surface area contributed by atoms with Crippen LogP contribution in [0, 0.1) is 17.5 Å². The second-order valence-corrected chi connectivity index (χ2v) is 6.17. The number of hydrogen-bond acceptors (Lipinski definition) is 7. The lowest BCUT2D eigenvalue weighted by Crippen LogP contribution is -2.22. The Balaban J connectivity index is 1.85. The van der Waals surface area contributed by atoms with Crippen LogP contribution in [0.2, 0.25) is 0 Å². The number of rotatable bonds is 5. The van der Waals surface area contributed by atoms with E-state index in [0.717, 1.165) is 4.68 Å². The largest absolute Gasteiger partial charge is 0.493 e. The number of benzene rings is 2. The first-order valence-electron chi connectivity index (χ1n) is 8.27. The van der Waals surface area contributed by atoms with Crippen LogP contribution in [0.4, 0.5) is 4.39 Å². The third-order valence-electron chi connectivity index (χ3n) is 3.81. The molecule has 0 saturated carbocycles. The highest BCUT2D eigenvalue weighted by Crippen LogP contribution is 2.28. The summed E-state index contributed by atoms with van der Waals surface area (Å²) in [6.07, 6.45) is 1.40. The van der Waals surface area contributed by atoms with Crippen molar-refractivity contribution in [3.63, 3.8) is 0 Å². The van der Waals surface area contributed by atoms with Crippen LogP contribution in [-0.2, 0) is 0 Å². The summed E-state index contributed by atoms with van der Waals surface area (Å²) in [7, 11) is 1.42. The quantitative estimate of drug-likeness (QED) is 0.298. The van der Waals surface area contributed by atoms with Crippen molar-refractivity contribution in [2.24, 2.45) is 5.10 Å². The predicted octanol–water partition coefficient (Wildman–Crippen LogP) is 2.86. The van der Waals surface area contributed by atoms with Gasteiger partial charge in [-0.3, -0.25) is 9.89 Å². The molecule has 0 aliphatic carbocycles. The summed E-state index contributed by atoms with van der Waals surface area (Å²) in [6.45, 7) is 1.53. The number of esters is 1. The number of aryl methyl sites for hydroxylation is 1. The number of carbonyl (C=O) groups is 1. The lowest BCUT2D eigenvalue weighted by atomic mass is 10.2. The molecule has 1 heterocycles. The van der Waals surface area contributed by atoms with Crippen LogP contribution in [0.3, 0.4) is 0 Å². The van der Waals surface area contributed by atoms with E-state index < -0.39 is 17.3 Å². The number of carbonyl (C=O) groups excluding carboxylic acids is 1. The maximum Gasteiger partial charge on any atom is 0.343 e. The van der Waals surface area contributed by atoms with Crippen LogP contribution in [0.5, 0.6) is 11.5 Å². The molecular weight excluding hydrogens is 399 g/mol. The Hall–Kier alpha value is -3.66. The van der Waals surface area contributed by atoms with E-state index in [9.17, 15) is 14.0 Å². The zero-order valence-electron chi connectivity index (χ0n) is 15.4. The molecule has 3 rings (SSSR count). The lowest BCUT2D eigenvalue weighted by Gasteiger charge is -2.10. The molecule has 2 aromatic carbocycles. The zero-order valence-corrected chi connectivity index (χ0v) is 16.2. The fraction of sp³-hybridized carbons (Fsp3) is 0.105. The van der Waals surface area contributed by atoms with Crippen LogP contribution < -0.4 is 15.0 Å². The van der Waals surface area contributed by atoms with Crippen LogP contribution >= 0.6 is 12.2 Å². The third kappa shape index (κ3) is 4.61. The van der Waals surface area contributed by atoms with Crippen molar-refractivity contribution in [2.45, 2.75) is 6.92 Å². The number of H-pyrrole nitrogens is 1. The van der Waals surface area contributed by atoms with Gasteiger partial charge >= 0.3 is 5.97 Å². The van der Waals surface area contributed by atoms with Crippen molar-refractivity contribution in [1.82, 2.24) is 14.9 Å². The average Bonchev–Trinajstić information content (AvgIpc) is 2.72. The lowest BCUT2D eigenvalue weighted by molar-refractivity contribution is 0.0729. The van der Waals surface area contributed by atoms with Gasteiger partial charge < -0.3 is 9.47 Å². The van der Waals surface area contributed by atoms with E-state index in [-0.39, 0.29) is 27.5 Å². The van der Waals surface area contributed by atoms with Crippen molar-refractivity contribution < 1.29 is 18.7 Å². The van der Waals surface area contributed by atoms with Crippen molar-refractivity contribution in [2.75, 3.05) is 7.11 Å². The fourth-order valence-corrected chi connectivity index (χ4v) is 2.47. The molecule has 0 saturated heterocycles. The minimum absolute atomic E-state index is 0.0497. The van der Waals surface area contributed by atoms with Gasteiger partial charge in [0.1, 0.15) is 11.5 Å². The van der Waals surface area contributed by atoms with Crippen LogP contribution in [-0.4, -0.2) is 34.2 Å². The number of ether oxygens (including phenoxy) is 2. The van der Waals surface area contributed by atoms with Crippen LogP contribution in [0.1, 0.15) is 21.6 Å². The molecule has 10 heteroatoms. The first-order valence-corrected chi connectivity index (χ1v) is 8.68. The summed E-state index contributed by atoms with van der Waals surface area (Å²) in [4.78, 5) is 24.3. The van der Waals surface area contributed by atoms with E-state index in [1.165, 1.54) is 50.6 Å². The Morgan fingerprint density at radius 3 is 2.66 bits per heavy atom. The van der Waals surface area contributed by atoms with Gasteiger partial charge in [-0.2, -0.15) is 14.9 Å². The summed E-state index contributed by atoms with van der Waals surface area (Å²) in [5.41, 5.74) is 0.540. The number of nitrogens with one attached hydrogen (secondary N) is 1. The van der Waals surface area contributed by atoms with E-state index in [2.05, 4.69) is 15.3 Å². The first-order chi connectivity index (χ1) is 13.9. The second kappa shape index (κ2) is 8.57. The Kier molecular flexibility index (Phi) is 5.93. The number of hydrogen-bond donors (Lipinski definition) is 1. The molecule has 0 aliphatic heterocycles. The number of aromatic nitrogens is 3. The summed E-state index contributed by atoms with van der Waals surface area (Å²) in [5, 5.41) is 10.4. The molecular formula is C19H15FN4O4S. The standard InChI is InChI=1S/C19H15FN4O4S/c1-11-17(25)24(19(29)23-22-11)21-10-12-3-8-15(16(9-12)27-2)28-18(26)13-4-6-14(20)7-5-13/h3-10H,1-2H3,(H,23,29). The molecule has 1 aromatic heterocycles. The van der Waals surface area contributed by atoms with E-state index in [1.807, 2.05) is 0 Å². The molecule has 0 spiro atoms. The minimum atomic E-state index is -0.658. The Bertz CT molecular complexity index is 1200. The number of aromatic amines is 1. The van der Waals surface area contributed by atoms with Gasteiger partial charge in [0.05, 0.1) is 18.9 Å². The SMILES string of the molecule is COc1cc(C=Nn2c(=S)[nH]nc(C)c2=O)ccc1OC(=O)c1ccc(F)cc1. The van der Waals surface area contributed by atoms with Gasteiger partial charge in [-0.25, -0.2) is 9.18 Å². The topological polar surface area (TPSA) is 98.6 Å².